The van der Waals surface area contributed by atoms with E-state index in [4.69, 9.17) is 25.8 Å². The van der Waals surface area contributed by atoms with Crippen molar-refractivity contribution in [2.45, 2.75) is 6.61 Å². The Morgan fingerprint density at radius 2 is 1.70 bits per heavy atom. The van der Waals surface area contributed by atoms with Gasteiger partial charge in [-0.25, -0.2) is 4.98 Å². The van der Waals surface area contributed by atoms with Gasteiger partial charge in [0.1, 0.15) is 5.75 Å². The van der Waals surface area contributed by atoms with Crippen molar-refractivity contribution in [2.24, 2.45) is 0 Å². The number of hydrogen-bond donors (Lipinski definition) is 1. The van der Waals surface area contributed by atoms with Gasteiger partial charge in [0, 0.05) is 11.6 Å². The highest BCUT2D eigenvalue weighted by Crippen LogP contribution is 2.42. The third-order valence-corrected chi connectivity index (χ3v) is 3.92. The third-order valence-electron chi connectivity index (χ3n) is 2.78. The number of methoxy groups -OCH3 is 3. The van der Waals surface area contributed by atoms with Crippen LogP contribution in [0.3, 0.4) is 0 Å². The largest absolute Gasteiger partial charge is 0.496 e. The van der Waals surface area contributed by atoms with Gasteiger partial charge in [-0.1, -0.05) is 11.6 Å². The van der Waals surface area contributed by atoms with E-state index < -0.39 is 0 Å². The Hall–Kier alpha value is -1.50. The van der Waals surface area contributed by atoms with Crippen LogP contribution in [0.5, 0.6) is 17.2 Å². The van der Waals surface area contributed by atoms with E-state index >= 15 is 0 Å². The number of aromatic nitrogens is 1. The first-order chi connectivity index (χ1) is 9.64. The lowest BCUT2D eigenvalue weighted by Gasteiger charge is -2.13. The Morgan fingerprint density at radius 3 is 2.25 bits per heavy atom. The van der Waals surface area contributed by atoms with Gasteiger partial charge in [-0.3, -0.25) is 0 Å². The van der Waals surface area contributed by atoms with E-state index in [0.717, 1.165) is 0 Å². The molecule has 108 valence electrons. The highest BCUT2D eigenvalue weighted by Gasteiger charge is 2.19. The molecule has 1 aromatic carbocycles. The van der Waals surface area contributed by atoms with Gasteiger partial charge in [0.05, 0.1) is 38.5 Å². The van der Waals surface area contributed by atoms with Gasteiger partial charge in [0.15, 0.2) is 16.0 Å². The van der Waals surface area contributed by atoms with Crippen molar-refractivity contribution in [1.82, 2.24) is 4.98 Å². The predicted octanol–water partition coefficient (Wildman–Crippen LogP) is 2.98. The lowest BCUT2D eigenvalue weighted by atomic mass is 10.1. The SMILES string of the molecule is COc1cc(OC)c(-c2nc(Cl)sc2CO)cc1OC. The van der Waals surface area contributed by atoms with E-state index in [-0.39, 0.29) is 6.61 Å². The smallest absolute Gasteiger partial charge is 0.184 e. The fraction of sp³-hybridized carbons (Fsp3) is 0.308. The van der Waals surface area contributed by atoms with E-state index in [1.165, 1.54) is 11.3 Å². The Balaban J connectivity index is 2.65. The van der Waals surface area contributed by atoms with Gasteiger partial charge in [-0.05, 0) is 6.07 Å². The molecule has 1 aromatic heterocycles. The molecule has 1 heterocycles. The zero-order chi connectivity index (χ0) is 14.7. The Bertz CT molecular complexity index is 615. The van der Waals surface area contributed by atoms with Gasteiger partial charge in [0.25, 0.3) is 0 Å². The topological polar surface area (TPSA) is 60.8 Å². The van der Waals surface area contributed by atoms with E-state index in [1.54, 1.807) is 33.5 Å². The summed E-state index contributed by atoms with van der Waals surface area (Å²) in [6.45, 7) is -0.142. The van der Waals surface area contributed by atoms with Crippen molar-refractivity contribution in [1.29, 1.82) is 0 Å². The molecule has 0 saturated carbocycles. The fourth-order valence-corrected chi connectivity index (χ4v) is 2.88. The molecule has 0 atom stereocenters. The number of aliphatic hydroxyl groups is 1. The second-order valence-corrected chi connectivity index (χ2v) is 5.47. The van der Waals surface area contributed by atoms with Crippen molar-refractivity contribution < 1.29 is 19.3 Å². The normalized spacial score (nSPS) is 10.4. The van der Waals surface area contributed by atoms with Gasteiger partial charge < -0.3 is 19.3 Å². The van der Waals surface area contributed by atoms with Crippen molar-refractivity contribution in [3.05, 3.63) is 21.5 Å². The first kappa shape index (κ1) is 14.9. The van der Waals surface area contributed by atoms with Crippen LogP contribution in [0.4, 0.5) is 0 Å². The third kappa shape index (κ3) is 2.67. The molecule has 2 rings (SSSR count). The summed E-state index contributed by atoms with van der Waals surface area (Å²) in [5, 5.41) is 9.40. The quantitative estimate of drug-likeness (QED) is 0.919. The Kier molecular flexibility index (Phi) is 4.69. The molecule has 0 aliphatic heterocycles. The molecule has 0 fully saturated rings. The van der Waals surface area contributed by atoms with Crippen LogP contribution in [0, 0.1) is 0 Å². The molecular weight excluding hydrogens is 302 g/mol. The standard InChI is InChI=1S/C13H14ClNO4S/c1-17-8-5-10(19-3)9(18-2)4-7(8)12-11(6-16)20-13(14)15-12/h4-5,16H,6H2,1-3H3. The molecule has 5 nitrogen and oxygen atoms in total. The van der Waals surface area contributed by atoms with Gasteiger partial charge in [-0.15, -0.1) is 11.3 Å². The monoisotopic (exact) mass is 315 g/mol. The van der Waals surface area contributed by atoms with E-state index in [1.807, 2.05) is 0 Å². The highest BCUT2D eigenvalue weighted by atomic mass is 35.5. The highest BCUT2D eigenvalue weighted by molar-refractivity contribution is 7.16. The van der Waals surface area contributed by atoms with E-state index in [9.17, 15) is 5.11 Å². The number of ether oxygens (including phenoxy) is 3. The number of aliphatic hydroxyl groups excluding tert-OH is 1. The van der Waals surface area contributed by atoms with Gasteiger partial charge in [0.2, 0.25) is 0 Å². The second kappa shape index (κ2) is 6.30. The summed E-state index contributed by atoms with van der Waals surface area (Å²) in [6, 6.07) is 3.46. The first-order valence-electron chi connectivity index (χ1n) is 5.71. The molecule has 0 aliphatic carbocycles. The van der Waals surface area contributed by atoms with Crippen molar-refractivity contribution in [2.75, 3.05) is 21.3 Å². The van der Waals surface area contributed by atoms with Crippen LogP contribution in [0.15, 0.2) is 12.1 Å². The summed E-state index contributed by atoms with van der Waals surface area (Å²) in [5.41, 5.74) is 1.28. The van der Waals surface area contributed by atoms with Crippen LogP contribution >= 0.6 is 22.9 Å². The van der Waals surface area contributed by atoms with Crippen molar-refractivity contribution in [3.63, 3.8) is 0 Å². The summed E-state index contributed by atoms with van der Waals surface area (Å²) in [5.74, 6) is 1.68. The molecule has 0 unspecified atom stereocenters. The maximum Gasteiger partial charge on any atom is 0.184 e. The Morgan fingerprint density at radius 1 is 1.10 bits per heavy atom. The number of thiazole rings is 1. The van der Waals surface area contributed by atoms with Crippen LogP contribution in [-0.4, -0.2) is 31.4 Å². The first-order valence-corrected chi connectivity index (χ1v) is 6.90. The molecule has 0 bridgehead atoms. The number of nitrogens with zero attached hydrogens (tertiary/aromatic N) is 1. The van der Waals surface area contributed by atoms with Crippen LogP contribution in [-0.2, 0) is 6.61 Å². The second-order valence-electron chi connectivity index (χ2n) is 3.80. The molecule has 7 heteroatoms. The Labute approximate surface area is 125 Å². The van der Waals surface area contributed by atoms with Crippen LogP contribution in [0.1, 0.15) is 4.88 Å². The minimum absolute atomic E-state index is 0.142. The molecule has 0 amide bonds. The fourth-order valence-electron chi connectivity index (χ4n) is 1.85. The average Bonchev–Trinajstić information content (AvgIpc) is 2.86. The maximum absolute atomic E-state index is 9.40. The number of benzene rings is 1. The number of halogens is 1. The molecule has 0 spiro atoms. The zero-order valence-electron chi connectivity index (χ0n) is 11.3. The van der Waals surface area contributed by atoms with Crippen LogP contribution in [0.25, 0.3) is 11.3 Å². The lowest BCUT2D eigenvalue weighted by molar-refractivity contribution is 0.286. The van der Waals surface area contributed by atoms with Gasteiger partial charge >= 0.3 is 0 Å². The minimum atomic E-state index is -0.142. The summed E-state index contributed by atoms with van der Waals surface area (Å²) < 4.78 is 16.2. The average molecular weight is 316 g/mol. The van der Waals surface area contributed by atoms with Crippen molar-refractivity contribution >= 4 is 22.9 Å². The molecule has 1 N–H and O–H groups in total. The maximum atomic E-state index is 9.40. The molecular formula is C13H14ClNO4S. The van der Waals surface area contributed by atoms with Crippen LogP contribution < -0.4 is 14.2 Å². The molecule has 20 heavy (non-hydrogen) atoms. The van der Waals surface area contributed by atoms with Crippen molar-refractivity contribution in [3.8, 4) is 28.5 Å². The molecule has 0 radical (unpaired) electrons. The number of rotatable bonds is 5. The number of hydrogen-bond acceptors (Lipinski definition) is 6. The molecule has 0 aliphatic rings. The lowest BCUT2D eigenvalue weighted by Crippen LogP contribution is -1.96. The summed E-state index contributed by atoms with van der Waals surface area (Å²) in [6.07, 6.45) is 0. The predicted molar refractivity (Wildman–Crippen MR) is 78.1 cm³/mol. The summed E-state index contributed by atoms with van der Waals surface area (Å²) in [4.78, 5) is 4.91. The molecule has 2 aromatic rings. The molecule has 0 saturated heterocycles. The van der Waals surface area contributed by atoms with E-state index in [2.05, 4.69) is 4.98 Å². The summed E-state index contributed by atoms with van der Waals surface area (Å²) in [7, 11) is 4.66. The summed E-state index contributed by atoms with van der Waals surface area (Å²) >= 11 is 7.15. The van der Waals surface area contributed by atoms with E-state index in [0.29, 0.717) is 37.8 Å². The minimum Gasteiger partial charge on any atom is -0.496 e. The van der Waals surface area contributed by atoms with Crippen LogP contribution in [0.2, 0.25) is 4.47 Å². The zero-order valence-corrected chi connectivity index (χ0v) is 12.8. The van der Waals surface area contributed by atoms with Gasteiger partial charge in [-0.2, -0.15) is 0 Å².